The molecule has 8 rings (SSSR count). The molecule has 0 saturated carbocycles. The van der Waals surface area contributed by atoms with Crippen molar-refractivity contribution in [3.05, 3.63) is 207 Å². The summed E-state index contributed by atoms with van der Waals surface area (Å²) in [6.07, 6.45) is 7.68. The Morgan fingerprint density at radius 1 is 0.280 bits per heavy atom. The number of hydrogen-bond acceptors (Lipinski definition) is 4. The van der Waals surface area contributed by atoms with E-state index < -0.39 is 0 Å². The van der Waals surface area contributed by atoms with E-state index >= 15 is 0 Å². The van der Waals surface area contributed by atoms with Crippen molar-refractivity contribution >= 4 is 34.1 Å². The summed E-state index contributed by atoms with van der Waals surface area (Å²) in [5, 5.41) is 0. The van der Waals surface area contributed by atoms with Crippen LogP contribution in [0.3, 0.4) is 0 Å². The van der Waals surface area contributed by atoms with Gasteiger partial charge >= 0.3 is 0 Å². The van der Waals surface area contributed by atoms with Crippen LogP contribution in [0.5, 0.6) is 0 Å². The second-order valence-corrected chi connectivity index (χ2v) is 12.0. The molecule has 0 aliphatic rings. The van der Waals surface area contributed by atoms with Crippen molar-refractivity contribution in [1.82, 2.24) is 9.97 Å². The molecule has 0 unspecified atom stereocenters. The van der Waals surface area contributed by atoms with Crippen LogP contribution in [-0.4, -0.2) is 9.97 Å². The Morgan fingerprint density at radius 2 is 0.600 bits per heavy atom. The van der Waals surface area contributed by atoms with Crippen LogP contribution in [0, 0.1) is 0 Å². The van der Waals surface area contributed by atoms with Gasteiger partial charge in [0.05, 0.1) is 0 Å². The number of anilines is 6. The van der Waals surface area contributed by atoms with E-state index in [2.05, 4.69) is 177 Å². The van der Waals surface area contributed by atoms with Crippen molar-refractivity contribution in [2.75, 3.05) is 9.80 Å². The van der Waals surface area contributed by atoms with Crippen molar-refractivity contribution < 1.29 is 0 Å². The van der Waals surface area contributed by atoms with E-state index in [9.17, 15) is 0 Å². The zero-order valence-electron chi connectivity index (χ0n) is 27.4. The number of hydrogen-bond donors (Lipinski definition) is 0. The van der Waals surface area contributed by atoms with Gasteiger partial charge in [0.1, 0.15) is 0 Å². The lowest BCUT2D eigenvalue weighted by Gasteiger charge is -2.26. The van der Waals surface area contributed by atoms with E-state index in [1.165, 1.54) is 0 Å². The summed E-state index contributed by atoms with van der Waals surface area (Å²) in [5.74, 6) is 0. The van der Waals surface area contributed by atoms with Crippen LogP contribution < -0.4 is 9.80 Å². The van der Waals surface area contributed by atoms with E-state index in [0.29, 0.717) is 0 Å². The van der Waals surface area contributed by atoms with Crippen LogP contribution in [0.4, 0.5) is 34.1 Å². The third-order valence-electron chi connectivity index (χ3n) is 8.82. The Morgan fingerprint density at radius 3 is 0.940 bits per heavy atom. The van der Waals surface area contributed by atoms with Crippen LogP contribution in [0.15, 0.2) is 207 Å². The number of benzene rings is 6. The first-order valence-electron chi connectivity index (χ1n) is 16.7. The predicted molar refractivity (Wildman–Crippen MR) is 208 cm³/mol. The maximum absolute atomic E-state index is 4.61. The van der Waals surface area contributed by atoms with E-state index in [1.807, 2.05) is 49.1 Å². The molecule has 0 saturated heterocycles. The Balaban J connectivity index is 1.22. The van der Waals surface area contributed by atoms with Crippen molar-refractivity contribution in [2.24, 2.45) is 0 Å². The Kier molecular flexibility index (Phi) is 8.64. The summed E-state index contributed by atoms with van der Waals surface area (Å²) in [4.78, 5) is 13.8. The molecule has 8 aromatic rings. The summed E-state index contributed by atoms with van der Waals surface area (Å²) in [6, 6.07) is 63.6. The van der Waals surface area contributed by atoms with Crippen molar-refractivity contribution in [3.8, 4) is 33.4 Å². The SMILES string of the molecule is c1ccc(N(c2ccccc2)c2cccc(-c3cnccc3-c3ccncc3-c3cccc(N(c4ccccc4)c4ccccc4)c3)c2)cc1. The second kappa shape index (κ2) is 14.1. The quantitative estimate of drug-likeness (QED) is 0.157. The number of pyridine rings is 2. The second-order valence-electron chi connectivity index (χ2n) is 12.0. The highest BCUT2D eigenvalue weighted by Crippen LogP contribution is 2.42. The summed E-state index contributed by atoms with van der Waals surface area (Å²) in [6.45, 7) is 0. The number of aromatic nitrogens is 2. The van der Waals surface area contributed by atoms with Crippen LogP contribution in [0.2, 0.25) is 0 Å². The van der Waals surface area contributed by atoms with Gasteiger partial charge in [-0.2, -0.15) is 0 Å². The van der Waals surface area contributed by atoms with Gasteiger partial charge in [0, 0.05) is 70.0 Å². The van der Waals surface area contributed by atoms with E-state index in [0.717, 1.165) is 67.5 Å². The Labute approximate surface area is 293 Å². The van der Waals surface area contributed by atoms with Gasteiger partial charge in [0.15, 0.2) is 0 Å². The zero-order chi connectivity index (χ0) is 33.5. The molecule has 0 atom stereocenters. The van der Waals surface area contributed by atoms with Crippen LogP contribution in [0.25, 0.3) is 33.4 Å². The van der Waals surface area contributed by atoms with Gasteiger partial charge in [-0.25, -0.2) is 0 Å². The lowest BCUT2D eigenvalue weighted by Crippen LogP contribution is -2.09. The fourth-order valence-electron chi connectivity index (χ4n) is 6.55. The maximum atomic E-state index is 4.61. The highest BCUT2D eigenvalue weighted by molar-refractivity contribution is 5.93. The minimum Gasteiger partial charge on any atom is -0.310 e. The smallest absolute Gasteiger partial charge is 0.0467 e. The molecule has 238 valence electrons. The van der Waals surface area contributed by atoms with Gasteiger partial charge in [-0.05, 0) is 107 Å². The Bertz CT molecular complexity index is 2080. The van der Waals surface area contributed by atoms with Crippen LogP contribution in [-0.2, 0) is 0 Å². The number of para-hydroxylation sites is 4. The van der Waals surface area contributed by atoms with E-state index in [-0.39, 0.29) is 0 Å². The third kappa shape index (κ3) is 6.26. The molecular formula is C46H34N4. The van der Waals surface area contributed by atoms with Gasteiger partial charge in [-0.3, -0.25) is 9.97 Å². The minimum atomic E-state index is 1.05. The molecule has 4 nitrogen and oxygen atoms in total. The lowest BCUT2D eigenvalue weighted by molar-refractivity contribution is 1.28. The normalized spacial score (nSPS) is 10.8. The van der Waals surface area contributed by atoms with Crippen LogP contribution in [0.1, 0.15) is 0 Å². The van der Waals surface area contributed by atoms with Crippen molar-refractivity contribution in [1.29, 1.82) is 0 Å². The molecule has 2 heterocycles. The lowest BCUT2D eigenvalue weighted by atomic mass is 9.91. The molecule has 0 bridgehead atoms. The van der Waals surface area contributed by atoms with Crippen LogP contribution >= 0.6 is 0 Å². The zero-order valence-corrected chi connectivity index (χ0v) is 27.4. The van der Waals surface area contributed by atoms with Gasteiger partial charge in [0.2, 0.25) is 0 Å². The molecule has 0 N–H and O–H groups in total. The highest BCUT2D eigenvalue weighted by atomic mass is 15.1. The van der Waals surface area contributed by atoms with Gasteiger partial charge in [-0.15, -0.1) is 0 Å². The molecular weight excluding hydrogens is 609 g/mol. The fraction of sp³-hybridized carbons (Fsp3) is 0. The summed E-state index contributed by atoms with van der Waals surface area (Å²) in [7, 11) is 0. The van der Waals surface area contributed by atoms with E-state index in [1.54, 1.807) is 0 Å². The average molecular weight is 643 g/mol. The topological polar surface area (TPSA) is 32.3 Å². The fourth-order valence-corrected chi connectivity index (χ4v) is 6.55. The standard InChI is InChI=1S/C46H34N4/c1-5-17-37(18-6-1)49(38-19-7-2-8-20-38)41-25-13-15-35(31-41)45-33-47-29-27-43(45)44-28-30-48-34-46(44)36-16-14-26-42(32-36)50(39-21-9-3-10-22-39)40-23-11-4-12-24-40/h1-34H. The maximum Gasteiger partial charge on any atom is 0.0467 e. The van der Waals surface area contributed by atoms with Gasteiger partial charge in [-0.1, -0.05) is 97.1 Å². The number of nitrogens with zero attached hydrogens (tertiary/aromatic N) is 4. The van der Waals surface area contributed by atoms with Crippen molar-refractivity contribution in [3.63, 3.8) is 0 Å². The molecule has 0 aliphatic heterocycles. The molecule has 0 spiro atoms. The average Bonchev–Trinajstić information content (AvgIpc) is 3.20. The molecule has 4 heteroatoms. The monoisotopic (exact) mass is 642 g/mol. The minimum absolute atomic E-state index is 1.05. The Hall–Kier alpha value is -6.78. The summed E-state index contributed by atoms with van der Waals surface area (Å²) >= 11 is 0. The highest BCUT2D eigenvalue weighted by Gasteiger charge is 2.18. The number of rotatable bonds is 9. The molecule has 6 aromatic carbocycles. The molecule has 0 amide bonds. The molecule has 2 aromatic heterocycles. The first-order chi connectivity index (χ1) is 24.8. The predicted octanol–water partition coefficient (Wildman–Crippen LogP) is 12.4. The van der Waals surface area contributed by atoms with Gasteiger partial charge in [0.25, 0.3) is 0 Å². The molecule has 50 heavy (non-hydrogen) atoms. The summed E-state index contributed by atoms with van der Waals surface area (Å²) in [5.41, 5.74) is 13.0. The molecule has 0 aliphatic carbocycles. The van der Waals surface area contributed by atoms with E-state index in [4.69, 9.17) is 0 Å². The molecule has 0 fully saturated rings. The first-order valence-corrected chi connectivity index (χ1v) is 16.7. The van der Waals surface area contributed by atoms with Gasteiger partial charge < -0.3 is 9.80 Å². The van der Waals surface area contributed by atoms with Crippen molar-refractivity contribution in [2.45, 2.75) is 0 Å². The first kappa shape index (κ1) is 30.5. The molecule has 0 radical (unpaired) electrons. The third-order valence-corrected chi connectivity index (χ3v) is 8.82. The summed E-state index contributed by atoms with van der Waals surface area (Å²) < 4.78 is 0. The largest absolute Gasteiger partial charge is 0.310 e.